The minimum absolute atomic E-state index is 0.0830. The first kappa shape index (κ1) is 16.5. The Morgan fingerprint density at radius 1 is 1.15 bits per heavy atom. The summed E-state index contributed by atoms with van der Waals surface area (Å²) in [6.45, 7) is 2.18. The number of carbonyl (C=O) groups excluding carboxylic acids is 3. The SMILES string of the molecule is CC[C@H]1CCc2c(sc(N3C(=O)[C@@H]4[C@@H]5CC[C@@H](C5)[C@@H]4C3=O)c2C(N)=O)C1. The normalized spacial score (nSPS) is 35.1. The van der Waals surface area contributed by atoms with Crippen LogP contribution in [0.25, 0.3) is 0 Å². The number of primary amides is 1. The van der Waals surface area contributed by atoms with Crippen molar-refractivity contribution in [3.05, 3.63) is 16.0 Å². The summed E-state index contributed by atoms with van der Waals surface area (Å²) in [4.78, 5) is 41.1. The van der Waals surface area contributed by atoms with Crippen LogP contribution in [0.2, 0.25) is 0 Å². The van der Waals surface area contributed by atoms with Crippen molar-refractivity contribution in [1.82, 2.24) is 0 Å². The highest BCUT2D eigenvalue weighted by Gasteiger charge is 2.61. The number of amides is 3. The Hall–Kier alpha value is -1.69. The molecule has 0 spiro atoms. The predicted molar refractivity (Wildman–Crippen MR) is 98.9 cm³/mol. The van der Waals surface area contributed by atoms with Gasteiger partial charge >= 0.3 is 0 Å². The van der Waals surface area contributed by atoms with Crippen molar-refractivity contribution in [2.75, 3.05) is 4.90 Å². The van der Waals surface area contributed by atoms with Crippen molar-refractivity contribution in [1.29, 1.82) is 0 Å². The molecule has 26 heavy (non-hydrogen) atoms. The fraction of sp³-hybridized carbons (Fsp3) is 0.650. The molecule has 2 N–H and O–H groups in total. The molecule has 4 aliphatic rings. The first-order valence-electron chi connectivity index (χ1n) is 9.83. The zero-order valence-corrected chi connectivity index (χ0v) is 15.8. The van der Waals surface area contributed by atoms with E-state index < -0.39 is 5.91 Å². The standard InChI is InChI=1S/C20H24N2O3S/c1-2-9-3-6-12-13(7-9)26-20(16(12)17(21)23)22-18(24)14-10-4-5-11(8-10)15(14)19(22)25/h9-11,14-15H,2-8H2,1H3,(H2,21,23)/t9-,10-,11+,14-,15+/m0/s1. The summed E-state index contributed by atoms with van der Waals surface area (Å²) in [6, 6.07) is 0. The first-order chi connectivity index (χ1) is 12.5. The van der Waals surface area contributed by atoms with Crippen LogP contribution in [-0.2, 0) is 22.4 Å². The largest absolute Gasteiger partial charge is 0.365 e. The van der Waals surface area contributed by atoms with Crippen LogP contribution in [0.5, 0.6) is 0 Å². The quantitative estimate of drug-likeness (QED) is 0.829. The van der Waals surface area contributed by atoms with Crippen LogP contribution in [0, 0.1) is 29.6 Å². The Morgan fingerprint density at radius 3 is 2.38 bits per heavy atom. The molecule has 1 saturated heterocycles. The van der Waals surface area contributed by atoms with Gasteiger partial charge in [-0.15, -0.1) is 11.3 Å². The van der Waals surface area contributed by atoms with E-state index in [2.05, 4.69) is 6.92 Å². The van der Waals surface area contributed by atoms with Gasteiger partial charge in [0.25, 0.3) is 5.91 Å². The molecule has 5 nitrogen and oxygen atoms in total. The van der Waals surface area contributed by atoms with E-state index in [1.165, 1.54) is 16.2 Å². The molecule has 138 valence electrons. The Kier molecular flexibility index (Phi) is 3.58. The fourth-order valence-corrected chi connectivity index (χ4v) is 7.49. The number of fused-ring (bicyclic) bond motifs is 6. The van der Waals surface area contributed by atoms with Crippen LogP contribution >= 0.6 is 11.3 Å². The molecule has 0 unspecified atom stereocenters. The molecule has 5 atom stereocenters. The third kappa shape index (κ3) is 2.05. The number of rotatable bonds is 3. The van der Waals surface area contributed by atoms with Crippen molar-refractivity contribution in [2.24, 2.45) is 35.3 Å². The Morgan fingerprint density at radius 2 is 1.81 bits per heavy atom. The number of carbonyl (C=O) groups is 3. The maximum atomic E-state index is 13.2. The monoisotopic (exact) mass is 372 g/mol. The minimum atomic E-state index is -0.506. The van der Waals surface area contributed by atoms with Crippen molar-refractivity contribution in [3.8, 4) is 0 Å². The van der Waals surface area contributed by atoms with Gasteiger partial charge < -0.3 is 5.73 Å². The minimum Gasteiger partial charge on any atom is -0.365 e. The lowest BCUT2D eigenvalue weighted by Gasteiger charge is -2.20. The molecule has 5 rings (SSSR count). The highest BCUT2D eigenvalue weighted by molar-refractivity contribution is 7.17. The molecule has 1 aliphatic heterocycles. The maximum absolute atomic E-state index is 13.2. The number of anilines is 1. The third-order valence-corrected chi connectivity index (χ3v) is 8.54. The van der Waals surface area contributed by atoms with E-state index in [0.29, 0.717) is 28.3 Å². The van der Waals surface area contributed by atoms with Gasteiger partial charge in [0.2, 0.25) is 11.8 Å². The van der Waals surface area contributed by atoms with Gasteiger partial charge in [0.05, 0.1) is 17.4 Å². The van der Waals surface area contributed by atoms with Crippen LogP contribution in [0.1, 0.15) is 59.8 Å². The molecule has 3 aliphatic carbocycles. The molecule has 2 bridgehead atoms. The van der Waals surface area contributed by atoms with Gasteiger partial charge in [-0.1, -0.05) is 13.3 Å². The molecule has 3 amide bonds. The van der Waals surface area contributed by atoms with Gasteiger partial charge in [0.15, 0.2) is 0 Å². The van der Waals surface area contributed by atoms with Gasteiger partial charge in [-0.25, -0.2) is 4.90 Å². The number of hydrogen-bond acceptors (Lipinski definition) is 4. The molecule has 0 radical (unpaired) electrons. The number of thiophene rings is 1. The highest BCUT2D eigenvalue weighted by atomic mass is 32.1. The van der Waals surface area contributed by atoms with Gasteiger partial charge in [-0.05, 0) is 61.8 Å². The maximum Gasteiger partial charge on any atom is 0.252 e. The summed E-state index contributed by atoms with van der Waals surface area (Å²) in [5.74, 6) is 0.308. The lowest BCUT2D eigenvalue weighted by Crippen LogP contribution is -2.33. The molecule has 3 fully saturated rings. The van der Waals surface area contributed by atoms with E-state index in [-0.39, 0.29) is 23.7 Å². The summed E-state index contributed by atoms with van der Waals surface area (Å²) >= 11 is 1.46. The second-order valence-electron chi connectivity index (χ2n) is 8.46. The zero-order chi connectivity index (χ0) is 18.2. The average Bonchev–Trinajstić information content (AvgIpc) is 3.35. The highest BCUT2D eigenvalue weighted by Crippen LogP contribution is 2.57. The summed E-state index contributed by atoms with van der Waals surface area (Å²) < 4.78 is 0. The molecule has 1 aromatic rings. The van der Waals surface area contributed by atoms with Crippen molar-refractivity contribution in [3.63, 3.8) is 0 Å². The summed E-state index contributed by atoms with van der Waals surface area (Å²) in [5, 5.41) is 0.517. The lowest BCUT2D eigenvalue weighted by atomic mass is 9.81. The Bertz CT molecular complexity index is 801. The van der Waals surface area contributed by atoms with Gasteiger partial charge in [0.1, 0.15) is 5.00 Å². The Labute approximate surface area is 156 Å². The smallest absolute Gasteiger partial charge is 0.252 e. The number of imide groups is 1. The topological polar surface area (TPSA) is 80.5 Å². The molecule has 0 aromatic carbocycles. The summed E-state index contributed by atoms with van der Waals surface area (Å²) in [6.07, 6.45) is 7.01. The second kappa shape index (κ2) is 5.65. The van der Waals surface area contributed by atoms with E-state index in [4.69, 9.17) is 5.73 Å². The van der Waals surface area contributed by atoms with E-state index >= 15 is 0 Å². The fourth-order valence-electron chi connectivity index (χ4n) is 6.01. The van der Waals surface area contributed by atoms with Gasteiger partial charge in [-0.3, -0.25) is 14.4 Å². The summed E-state index contributed by atoms with van der Waals surface area (Å²) in [7, 11) is 0. The average molecular weight is 372 g/mol. The van der Waals surface area contributed by atoms with Crippen LogP contribution < -0.4 is 10.6 Å². The third-order valence-electron chi connectivity index (χ3n) is 7.30. The lowest BCUT2D eigenvalue weighted by molar-refractivity contribution is -0.123. The van der Waals surface area contributed by atoms with E-state index in [1.807, 2.05) is 0 Å². The van der Waals surface area contributed by atoms with Gasteiger partial charge in [0, 0.05) is 4.88 Å². The van der Waals surface area contributed by atoms with Crippen LogP contribution in [-0.4, -0.2) is 17.7 Å². The van der Waals surface area contributed by atoms with Crippen molar-refractivity contribution >= 4 is 34.1 Å². The zero-order valence-electron chi connectivity index (χ0n) is 15.0. The number of nitrogens with two attached hydrogens (primary N) is 1. The van der Waals surface area contributed by atoms with E-state index in [1.54, 1.807) is 0 Å². The molecule has 1 aromatic heterocycles. The van der Waals surface area contributed by atoms with E-state index in [0.717, 1.165) is 55.4 Å². The molecular formula is C20H24N2O3S. The first-order valence-corrected chi connectivity index (χ1v) is 10.6. The number of hydrogen-bond donors (Lipinski definition) is 1. The Balaban J connectivity index is 1.58. The number of nitrogens with zero attached hydrogens (tertiary/aromatic N) is 1. The molecule has 2 saturated carbocycles. The van der Waals surface area contributed by atoms with Crippen molar-refractivity contribution < 1.29 is 14.4 Å². The van der Waals surface area contributed by atoms with Crippen molar-refractivity contribution in [2.45, 2.75) is 51.9 Å². The van der Waals surface area contributed by atoms with E-state index in [9.17, 15) is 14.4 Å². The molecule has 2 heterocycles. The van der Waals surface area contributed by atoms with Gasteiger partial charge in [-0.2, -0.15) is 0 Å². The molecular weight excluding hydrogens is 348 g/mol. The predicted octanol–water partition coefficient (Wildman–Crippen LogP) is 2.90. The molecule has 6 heteroatoms. The van der Waals surface area contributed by atoms with Crippen LogP contribution in [0.4, 0.5) is 5.00 Å². The van der Waals surface area contributed by atoms with Crippen LogP contribution in [0.3, 0.4) is 0 Å². The van der Waals surface area contributed by atoms with Crippen LogP contribution in [0.15, 0.2) is 0 Å². The second-order valence-corrected chi connectivity index (χ2v) is 9.55. The summed E-state index contributed by atoms with van der Waals surface area (Å²) in [5.41, 5.74) is 7.14.